The first-order valence-corrected chi connectivity index (χ1v) is 13.7. The lowest BCUT2D eigenvalue weighted by atomic mass is 9.68. The summed E-state index contributed by atoms with van der Waals surface area (Å²) < 4.78 is 30.0. The van der Waals surface area contributed by atoms with Crippen molar-refractivity contribution in [2.75, 3.05) is 0 Å². The van der Waals surface area contributed by atoms with Crippen LogP contribution in [0.3, 0.4) is 0 Å². The molecule has 0 amide bonds. The molecule has 4 rings (SSSR count). The van der Waals surface area contributed by atoms with Crippen molar-refractivity contribution in [1.29, 1.82) is 0 Å². The van der Waals surface area contributed by atoms with Crippen LogP contribution in [-0.4, -0.2) is 0 Å². The molecule has 2 fully saturated rings. The van der Waals surface area contributed by atoms with Crippen molar-refractivity contribution in [3.8, 4) is 0 Å². The fourth-order valence-electron chi connectivity index (χ4n) is 6.63. The van der Waals surface area contributed by atoms with Crippen LogP contribution in [0.1, 0.15) is 107 Å². The SMILES string of the molecule is C/C=C/CCC1CCC(C2CCC(c3cc(F)c(C[C@H](C)c4ccccc4)c(F)c3)CC2)CC1. The molecule has 0 nitrogen and oxygen atoms in total. The molecule has 2 heteroatoms. The van der Waals surface area contributed by atoms with Crippen molar-refractivity contribution in [2.45, 2.75) is 96.3 Å². The quantitative estimate of drug-likeness (QED) is 0.341. The smallest absolute Gasteiger partial charge is 0.129 e. The van der Waals surface area contributed by atoms with E-state index < -0.39 is 0 Å². The van der Waals surface area contributed by atoms with Gasteiger partial charge in [-0.2, -0.15) is 0 Å². The molecule has 2 aromatic rings. The van der Waals surface area contributed by atoms with Crippen LogP contribution in [0.4, 0.5) is 8.78 Å². The van der Waals surface area contributed by atoms with Crippen LogP contribution in [0.5, 0.6) is 0 Å². The van der Waals surface area contributed by atoms with Gasteiger partial charge >= 0.3 is 0 Å². The van der Waals surface area contributed by atoms with Crippen molar-refractivity contribution in [1.82, 2.24) is 0 Å². The van der Waals surface area contributed by atoms with E-state index >= 15 is 8.78 Å². The summed E-state index contributed by atoms with van der Waals surface area (Å²) in [6, 6.07) is 13.3. The summed E-state index contributed by atoms with van der Waals surface area (Å²) in [6.45, 7) is 4.15. The van der Waals surface area contributed by atoms with Gasteiger partial charge in [-0.25, -0.2) is 8.78 Å². The fraction of sp³-hybridized carbons (Fsp3) is 0.562. The summed E-state index contributed by atoms with van der Waals surface area (Å²) >= 11 is 0. The van der Waals surface area contributed by atoms with Gasteiger partial charge in [-0.15, -0.1) is 0 Å². The van der Waals surface area contributed by atoms with Crippen LogP contribution in [0.2, 0.25) is 0 Å². The Bertz CT molecular complexity index is 892. The third-order valence-corrected chi connectivity index (χ3v) is 8.82. The maximum atomic E-state index is 15.0. The van der Waals surface area contributed by atoms with E-state index in [4.69, 9.17) is 0 Å². The monoisotopic (exact) mass is 464 g/mol. The first-order valence-electron chi connectivity index (χ1n) is 13.7. The molecule has 184 valence electrons. The number of halogens is 2. The minimum Gasteiger partial charge on any atom is -0.207 e. The second-order valence-electron chi connectivity index (χ2n) is 11.0. The highest BCUT2D eigenvalue weighted by molar-refractivity contribution is 5.31. The molecule has 0 spiro atoms. The number of benzene rings is 2. The summed E-state index contributed by atoms with van der Waals surface area (Å²) in [5.41, 5.74) is 2.23. The minimum absolute atomic E-state index is 0.0877. The first kappa shape index (κ1) is 25.1. The zero-order valence-electron chi connectivity index (χ0n) is 21.1. The normalized spacial score (nSPS) is 26.6. The number of allylic oxidation sites excluding steroid dienone is 2. The molecule has 2 aliphatic carbocycles. The molecule has 0 radical (unpaired) electrons. The van der Waals surface area contributed by atoms with Gasteiger partial charge < -0.3 is 0 Å². The van der Waals surface area contributed by atoms with E-state index in [0.717, 1.165) is 41.7 Å². The van der Waals surface area contributed by atoms with Gasteiger partial charge in [0.1, 0.15) is 11.6 Å². The maximum absolute atomic E-state index is 15.0. The summed E-state index contributed by atoms with van der Waals surface area (Å²) in [5, 5.41) is 0. The third kappa shape index (κ3) is 6.37. The average molecular weight is 465 g/mol. The molecule has 2 aliphatic rings. The van der Waals surface area contributed by atoms with Crippen LogP contribution < -0.4 is 0 Å². The Balaban J connectivity index is 1.30. The molecule has 0 saturated heterocycles. The van der Waals surface area contributed by atoms with Gasteiger partial charge in [0.05, 0.1) is 0 Å². The summed E-state index contributed by atoms with van der Waals surface area (Å²) in [5.74, 6) is 2.26. The van der Waals surface area contributed by atoms with E-state index in [1.165, 1.54) is 51.4 Å². The van der Waals surface area contributed by atoms with Gasteiger partial charge in [-0.05, 0) is 118 Å². The van der Waals surface area contributed by atoms with Crippen LogP contribution in [0.25, 0.3) is 0 Å². The van der Waals surface area contributed by atoms with Crippen molar-refractivity contribution in [3.05, 3.63) is 82.9 Å². The van der Waals surface area contributed by atoms with Crippen LogP contribution in [-0.2, 0) is 6.42 Å². The predicted molar refractivity (Wildman–Crippen MR) is 139 cm³/mol. The maximum Gasteiger partial charge on any atom is 0.129 e. The predicted octanol–water partition coefficient (Wildman–Crippen LogP) is 9.75. The molecule has 1 atom stereocenters. The second kappa shape index (κ2) is 12.1. The first-order chi connectivity index (χ1) is 16.5. The number of hydrogen-bond donors (Lipinski definition) is 0. The highest BCUT2D eigenvalue weighted by Crippen LogP contribution is 2.45. The molecule has 0 heterocycles. The lowest BCUT2D eigenvalue weighted by Gasteiger charge is -2.38. The van der Waals surface area contributed by atoms with E-state index in [1.807, 2.05) is 37.3 Å². The number of rotatable bonds is 8. The van der Waals surface area contributed by atoms with Gasteiger partial charge in [0, 0.05) is 5.56 Å². The van der Waals surface area contributed by atoms with Gasteiger partial charge in [-0.3, -0.25) is 0 Å². The van der Waals surface area contributed by atoms with E-state index in [-0.39, 0.29) is 23.1 Å². The van der Waals surface area contributed by atoms with Gasteiger partial charge in [-0.1, -0.05) is 62.2 Å². The Morgan fingerprint density at radius 2 is 1.44 bits per heavy atom. The van der Waals surface area contributed by atoms with E-state index in [2.05, 4.69) is 19.1 Å². The highest BCUT2D eigenvalue weighted by atomic mass is 19.1. The molecule has 2 aromatic carbocycles. The Morgan fingerprint density at radius 1 is 0.853 bits per heavy atom. The largest absolute Gasteiger partial charge is 0.207 e. The number of hydrogen-bond acceptors (Lipinski definition) is 0. The average Bonchev–Trinajstić information content (AvgIpc) is 2.87. The molecular formula is C32H42F2. The molecule has 2 saturated carbocycles. The fourth-order valence-corrected chi connectivity index (χ4v) is 6.63. The standard InChI is InChI=1S/C32H42F2/c1-3-4-6-9-24-12-14-26(15-13-24)27-16-18-28(19-17-27)29-21-31(33)30(32(34)22-29)20-23(2)25-10-7-5-8-11-25/h3-5,7-8,10-11,21-24,26-28H,6,9,12-20H2,1-2H3/b4-3+/t23-,24?,26?,27?,28?/m0/s1. The molecule has 0 N–H and O–H groups in total. The lowest BCUT2D eigenvalue weighted by Crippen LogP contribution is -2.25. The van der Waals surface area contributed by atoms with Crippen molar-refractivity contribution >= 4 is 0 Å². The van der Waals surface area contributed by atoms with Gasteiger partial charge in [0.25, 0.3) is 0 Å². The van der Waals surface area contributed by atoms with E-state index in [0.29, 0.717) is 12.3 Å². The summed E-state index contributed by atoms with van der Waals surface area (Å²) in [4.78, 5) is 0. The second-order valence-corrected chi connectivity index (χ2v) is 11.0. The zero-order chi connectivity index (χ0) is 23.9. The van der Waals surface area contributed by atoms with E-state index in [9.17, 15) is 0 Å². The van der Waals surface area contributed by atoms with Crippen molar-refractivity contribution < 1.29 is 8.78 Å². The molecule has 0 unspecified atom stereocenters. The van der Waals surface area contributed by atoms with Gasteiger partial charge in [0.15, 0.2) is 0 Å². The Kier molecular flexibility index (Phi) is 8.98. The zero-order valence-corrected chi connectivity index (χ0v) is 21.1. The minimum atomic E-state index is -0.365. The molecule has 0 bridgehead atoms. The Morgan fingerprint density at radius 3 is 2.03 bits per heavy atom. The van der Waals surface area contributed by atoms with Crippen LogP contribution in [0, 0.1) is 29.4 Å². The highest BCUT2D eigenvalue weighted by Gasteiger charge is 2.31. The van der Waals surface area contributed by atoms with Crippen molar-refractivity contribution in [2.24, 2.45) is 17.8 Å². The topological polar surface area (TPSA) is 0 Å². The Hall–Kier alpha value is -1.96. The lowest BCUT2D eigenvalue weighted by molar-refractivity contribution is 0.157. The van der Waals surface area contributed by atoms with Crippen LogP contribution >= 0.6 is 0 Å². The molecule has 34 heavy (non-hydrogen) atoms. The van der Waals surface area contributed by atoms with Crippen molar-refractivity contribution in [3.63, 3.8) is 0 Å². The molecule has 0 aromatic heterocycles. The Labute approximate surface area is 205 Å². The van der Waals surface area contributed by atoms with E-state index in [1.54, 1.807) is 12.1 Å². The summed E-state index contributed by atoms with van der Waals surface area (Å²) in [6.07, 6.45) is 17.6. The van der Waals surface area contributed by atoms with Crippen LogP contribution in [0.15, 0.2) is 54.6 Å². The van der Waals surface area contributed by atoms with Gasteiger partial charge in [0.2, 0.25) is 0 Å². The summed E-state index contributed by atoms with van der Waals surface area (Å²) in [7, 11) is 0. The molecule has 0 aliphatic heterocycles. The molecular weight excluding hydrogens is 422 g/mol. The third-order valence-electron chi connectivity index (χ3n) is 8.82.